The molecule has 0 fully saturated rings. The molecule has 21 heavy (non-hydrogen) atoms. The highest BCUT2D eigenvalue weighted by Crippen LogP contribution is 2.15. The topological polar surface area (TPSA) is 92.3 Å². The fourth-order valence-electron chi connectivity index (χ4n) is 1.76. The third kappa shape index (κ3) is 5.18. The molecule has 0 spiro atoms. The van der Waals surface area contributed by atoms with Gasteiger partial charge in [0.1, 0.15) is 6.04 Å². The molecule has 2 amide bonds. The van der Waals surface area contributed by atoms with Crippen molar-refractivity contribution in [3.63, 3.8) is 0 Å². The predicted molar refractivity (Wildman–Crippen MR) is 80.6 cm³/mol. The van der Waals surface area contributed by atoms with Crippen LogP contribution in [0.3, 0.4) is 0 Å². The first-order valence-electron chi connectivity index (χ1n) is 6.49. The fraction of sp³-hybridized carbons (Fsp3) is 0.429. The highest BCUT2D eigenvalue weighted by atomic mass is 32.2. The van der Waals surface area contributed by atoms with Crippen molar-refractivity contribution in [2.24, 2.45) is 5.92 Å². The van der Waals surface area contributed by atoms with E-state index in [4.69, 9.17) is 0 Å². The largest absolute Gasteiger partial charge is 0.344 e. The van der Waals surface area contributed by atoms with Gasteiger partial charge in [0.15, 0.2) is 9.84 Å². The van der Waals surface area contributed by atoms with Gasteiger partial charge in [-0.25, -0.2) is 8.42 Å². The second-order valence-corrected chi connectivity index (χ2v) is 7.22. The van der Waals surface area contributed by atoms with Crippen LogP contribution in [-0.4, -0.2) is 32.5 Å². The van der Waals surface area contributed by atoms with E-state index in [9.17, 15) is 18.0 Å². The smallest absolute Gasteiger partial charge is 0.247 e. The maximum atomic E-state index is 12.1. The molecule has 0 heterocycles. The molecule has 1 atom stereocenters. The van der Waals surface area contributed by atoms with Gasteiger partial charge < -0.3 is 10.6 Å². The van der Waals surface area contributed by atoms with E-state index in [1.807, 2.05) is 13.8 Å². The van der Waals surface area contributed by atoms with Crippen molar-refractivity contribution in [1.29, 1.82) is 0 Å². The van der Waals surface area contributed by atoms with E-state index in [0.717, 1.165) is 6.26 Å². The molecule has 0 aromatic heterocycles. The molecule has 116 valence electrons. The van der Waals surface area contributed by atoms with Crippen molar-refractivity contribution in [1.82, 2.24) is 5.32 Å². The summed E-state index contributed by atoms with van der Waals surface area (Å²) in [4.78, 5) is 23.4. The standard InChI is InChI=1S/C14H20N2O4S/c1-9(2)13(15-10(3)17)14(18)16-11-5-7-12(8-6-11)21(4,19)20/h5-9,13H,1-4H3,(H,15,17)(H,16,18). The molecular weight excluding hydrogens is 292 g/mol. The van der Waals surface area contributed by atoms with E-state index in [1.165, 1.54) is 31.2 Å². The number of sulfone groups is 1. The Morgan fingerprint density at radius 1 is 1.10 bits per heavy atom. The minimum absolute atomic E-state index is 0.0656. The van der Waals surface area contributed by atoms with E-state index < -0.39 is 15.9 Å². The van der Waals surface area contributed by atoms with E-state index in [-0.39, 0.29) is 22.6 Å². The van der Waals surface area contributed by atoms with Crippen LogP contribution in [0.4, 0.5) is 5.69 Å². The molecule has 0 saturated heterocycles. The highest BCUT2D eigenvalue weighted by molar-refractivity contribution is 7.90. The average molecular weight is 312 g/mol. The highest BCUT2D eigenvalue weighted by Gasteiger charge is 2.23. The number of carbonyl (C=O) groups is 2. The molecule has 1 aromatic rings. The minimum Gasteiger partial charge on any atom is -0.344 e. The summed E-state index contributed by atoms with van der Waals surface area (Å²) in [5.74, 6) is -0.687. The second kappa shape index (κ2) is 6.71. The Balaban J connectivity index is 2.84. The molecule has 0 radical (unpaired) electrons. The maximum absolute atomic E-state index is 12.1. The SMILES string of the molecule is CC(=O)NC(C(=O)Nc1ccc(S(C)(=O)=O)cc1)C(C)C. The lowest BCUT2D eigenvalue weighted by atomic mass is 10.0. The lowest BCUT2D eigenvalue weighted by Gasteiger charge is -2.20. The Bertz CT molecular complexity index is 621. The normalized spacial score (nSPS) is 12.8. The van der Waals surface area contributed by atoms with Crippen LogP contribution < -0.4 is 10.6 Å². The van der Waals surface area contributed by atoms with Crippen molar-refractivity contribution in [3.05, 3.63) is 24.3 Å². The van der Waals surface area contributed by atoms with Gasteiger partial charge in [-0.15, -0.1) is 0 Å². The first-order chi connectivity index (χ1) is 9.61. The molecule has 0 bridgehead atoms. The summed E-state index contributed by atoms with van der Waals surface area (Å²) in [5, 5.41) is 5.25. The van der Waals surface area contributed by atoms with Crippen molar-refractivity contribution >= 4 is 27.3 Å². The van der Waals surface area contributed by atoms with Gasteiger partial charge in [-0.3, -0.25) is 9.59 Å². The van der Waals surface area contributed by atoms with E-state index in [2.05, 4.69) is 10.6 Å². The Labute approximate surface area is 124 Å². The first kappa shape index (κ1) is 17.2. The summed E-state index contributed by atoms with van der Waals surface area (Å²) < 4.78 is 22.7. The van der Waals surface area contributed by atoms with Gasteiger partial charge in [0.25, 0.3) is 0 Å². The van der Waals surface area contributed by atoms with Gasteiger partial charge in [0.05, 0.1) is 4.90 Å². The van der Waals surface area contributed by atoms with Crippen molar-refractivity contribution in [2.75, 3.05) is 11.6 Å². The third-order valence-corrected chi connectivity index (χ3v) is 3.99. The molecule has 1 rings (SSSR count). The van der Waals surface area contributed by atoms with Gasteiger partial charge in [-0.05, 0) is 30.2 Å². The van der Waals surface area contributed by atoms with Crippen molar-refractivity contribution in [3.8, 4) is 0 Å². The second-order valence-electron chi connectivity index (χ2n) is 5.21. The fourth-order valence-corrected chi connectivity index (χ4v) is 2.39. The Morgan fingerprint density at radius 3 is 2.00 bits per heavy atom. The van der Waals surface area contributed by atoms with Gasteiger partial charge in [0, 0.05) is 18.9 Å². The van der Waals surface area contributed by atoms with Crippen LogP contribution in [0.15, 0.2) is 29.2 Å². The molecule has 2 N–H and O–H groups in total. The predicted octanol–water partition coefficient (Wildman–Crippen LogP) is 1.19. The number of anilines is 1. The molecule has 0 aliphatic heterocycles. The minimum atomic E-state index is -3.26. The Kier molecular flexibility index (Phi) is 5.48. The van der Waals surface area contributed by atoms with E-state index >= 15 is 0 Å². The summed E-state index contributed by atoms with van der Waals surface area (Å²) in [7, 11) is -3.26. The summed E-state index contributed by atoms with van der Waals surface area (Å²) in [6.07, 6.45) is 1.12. The number of amides is 2. The lowest BCUT2D eigenvalue weighted by Crippen LogP contribution is -2.46. The summed E-state index contributed by atoms with van der Waals surface area (Å²) in [6.45, 7) is 5.00. The zero-order valence-electron chi connectivity index (χ0n) is 12.5. The molecule has 1 unspecified atom stereocenters. The first-order valence-corrected chi connectivity index (χ1v) is 8.38. The van der Waals surface area contributed by atoms with Crippen molar-refractivity contribution in [2.45, 2.75) is 31.7 Å². The maximum Gasteiger partial charge on any atom is 0.247 e. The van der Waals surface area contributed by atoms with Crippen LogP contribution in [0, 0.1) is 5.92 Å². The number of hydrogen-bond acceptors (Lipinski definition) is 4. The van der Waals surface area contributed by atoms with Gasteiger partial charge in [-0.1, -0.05) is 13.8 Å². The van der Waals surface area contributed by atoms with Gasteiger partial charge >= 0.3 is 0 Å². The zero-order chi connectivity index (χ0) is 16.2. The number of hydrogen-bond donors (Lipinski definition) is 2. The molecule has 0 aliphatic carbocycles. The molecule has 1 aromatic carbocycles. The van der Waals surface area contributed by atoms with Crippen LogP contribution in [0.5, 0.6) is 0 Å². The summed E-state index contributed by atoms with van der Waals surface area (Å²) in [5.41, 5.74) is 0.475. The van der Waals surface area contributed by atoms with Crippen molar-refractivity contribution < 1.29 is 18.0 Å². The molecule has 0 aliphatic rings. The van der Waals surface area contributed by atoms with Crippen LogP contribution in [0.1, 0.15) is 20.8 Å². The lowest BCUT2D eigenvalue weighted by molar-refractivity contribution is -0.126. The van der Waals surface area contributed by atoms with Crippen LogP contribution in [0.2, 0.25) is 0 Å². The van der Waals surface area contributed by atoms with Crippen LogP contribution in [-0.2, 0) is 19.4 Å². The molecule has 7 heteroatoms. The van der Waals surface area contributed by atoms with E-state index in [1.54, 1.807) is 0 Å². The third-order valence-electron chi connectivity index (χ3n) is 2.86. The van der Waals surface area contributed by atoms with Crippen LogP contribution in [0.25, 0.3) is 0 Å². The summed E-state index contributed by atoms with van der Waals surface area (Å²) >= 11 is 0. The van der Waals surface area contributed by atoms with E-state index in [0.29, 0.717) is 5.69 Å². The molecule has 6 nitrogen and oxygen atoms in total. The monoisotopic (exact) mass is 312 g/mol. The number of rotatable bonds is 5. The number of benzene rings is 1. The Hall–Kier alpha value is -1.89. The molecular formula is C14H20N2O4S. The quantitative estimate of drug-likeness (QED) is 0.854. The zero-order valence-corrected chi connectivity index (χ0v) is 13.3. The van der Waals surface area contributed by atoms with Gasteiger partial charge in [-0.2, -0.15) is 0 Å². The number of carbonyl (C=O) groups excluding carboxylic acids is 2. The average Bonchev–Trinajstić information content (AvgIpc) is 2.34. The summed E-state index contributed by atoms with van der Waals surface area (Å²) in [6, 6.07) is 5.23. The number of nitrogens with one attached hydrogen (secondary N) is 2. The molecule has 0 saturated carbocycles. The van der Waals surface area contributed by atoms with Crippen LogP contribution >= 0.6 is 0 Å². The Morgan fingerprint density at radius 2 is 1.62 bits per heavy atom. The van der Waals surface area contributed by atoms with Gasteiger partial charge in [0.2, 0.25) is 11.8 Å².